The summed E-state index contributed by atoms with van der Waals surface area (Å²) in [6, 6.07) is 4.61. The lowest BCUT2D eigenvalue weighted by Crippen LogP contribution is -2.44. The molecule has 3 unspecified atom stereocenters. The molecule has 2 N–H and O–H groups in total. The second kappa shape index (κ2) is 6.51. The van der Waals surface area contributed by atoms with Crippen LogP contribution in [-0.2, 0) is 11.0 Å². The van der Waals surface area contributed by atoms with E-state index in [0.717, 1.165) is 25.0 Å². The van der Waals surface area contributed by atoms with Gasteiger partial charge < -0.3 is 10.6 Å². The normalized spacial score (nSPS) is 19.1. The van der Waals surface area contributed by atoms with Gasteiger partial charge in [-0.2, -0.15) is 13.2 Å². The predicted octanol–water partition coefficient (Wildman–Crippen LogP) is 3.74. The second-order valence-corrected chi connectivity index (χ2v) is 6.42. The molecule has 0 heterocycles. The summed E-state index contributed by atoms with van der Waals surface area (Å²) in [5.41, 5.74) is 5.63. The van der Waals surface area contributed by atoms with Crippen molar-refractivity contribution in [3.63, 3.8) is 0 Å². The van der Waals surface area contributed by atoms with Gasteiger partial charge in [-0.15, -0.1) is 0 Å². The maximum atomic E-state index is 12.9. The lowest BCUT2D eigenvalue weighted by Gasteiger charge is -2.33. The van der Waals surface area contributed by atoms with Gasteiger partial charge in [0, 0.05) is 12.1 Å². The first kappa shape index (κ1) is 17.8. The van der Waals surface area contributed by atoms with Crippen LogP contribution in [0, 0.1) is 5.92 Å². The summed E-state index contributed by atoms with van der Waals surface area (Å²) in [5.74, 6) is -0.448. The number of benzene rings is 1. The highest BCUT2D eigenvalue weighted by Crippen LogP contribution is 2.37. The first-order valence-corrected chi connectivity index (χ1v) is 7.88. The Morgan fingerprint density at radius 3 is 2.35 bits per heavy atom. The Morgan fingerprint density at radius 2 is 1.87 bits per heavy atom. The zero-order valence-corrected chi connectivity index (χ0v) is 13.6. The summed E-state index contributed by atoms with van der Waals surface area (Å²) in [6.07, 6.45) is -2.61. The molecule has 0 aromatic heterocycles. The molecule has 1 fully saturated rings. The van der Waals surface area contributed by atoms with E-state index in [0.29, 0.717) is 5.56 Å². The van der Waals surface area contributed by atoms with E-state index in [1.165, 1.54) is 6.07 Å². The number of carbonyl (C=O) groups excluding carboxylic acids is 1. The summed E-state index contributed by atoms with van der Waals surface area (Å²) < 4.78 is 38.7. The van der Waals surface area contributed by atoms with E-state index in [2.05, 4.69) is 0 Å². The number of amides is 1. The topological polar surface area (TPSA) is 46.3 Å². The van der Waals surface area contributed by atoms with Gasteiger partial charge in [-0.05, 0) is 44.4 Å². The van der Waals surface area contributed by atoms with Crippen molar-refractivity contribution in [3.05, 3.63) is 35.4 Å². The van der Waals surface area contributed by atoms with Crippen molar-refractivity contribution in [1.29, 1.82) is 0 Å². The van der Waals surface area contributed by atoms with Crippen molar-refractivity contribution in [2.45, 2.75) is 57.9 Å². The number of nitrogens with two attached hydrogens (primary N) is 1. The third-order valence-corrected chi connectivity index (χ3v) is 4.49. The molecule has 2 rings (SSSR count). The fraction of sp³-hybridized carbons (Fsp3) is 0.588. The monoisotopic (exact) mass is 328 g/mol. The fourth-order valence-corrected chi connectivity index (χ4v) is 2.64. The van der Waals surface area contributed by atoms with Crippen LogP contribution < -0.4 is 5.73 Å². The van der Waals surface area contributed by atoms with E-state index >= 15 is 0 Å². The van der Waals surface area contributed by atoms with Crippen LogP contribution in [0.1, 0.15) is 50.8 Å². The van der Waals surface area contributed by atoms with Crippen LogP contribution >= 0.6 is 0 Å². The first-order valence-electron chi connectivity index (χ1n) is 7.88. The molecule has 128 valence electrons. The van der Waals surface area contributed by atoms with Gasteiger partial charge in [0.15, 0.2) is 0 Å². The van der Waals surface area contributed by atoms with Crippen LogP contribution in [-0.4, -0.2) is 22.9 Å². The van der Waals surface area contributed by atoms with Gasteiger partial charge in [0.1, 0.15) is 0 Å². The number of hydrogen-bond donors (Lipinski definition) is 1. The Kier molecular flexibility index (Phi) is 5.04. The van der Waals surface area contributed by atoms with E-state index < -0.39 is 17.8 Å². The summed E-state index contributed by atoms with van der Waals surface area (Å²) in [7, 11) is 0. The van der Waals surface area contributed by atoms with Gasteiger partial charge in [-0.3, -0.25) is 4.79 Å². The van der Waals surface area contributed by atoms with Crippen LogP contribution in [0.4, 0.5) is 13.2 Å². The van der Waals surface area contributed by atoms with E-state index in [4.69, 9.17) is 5.73 Å². The number of carbonyl (C=O) groups is 1. The molecule has 23 heavy (non-hydrogen) atoms. The van der Waals surface area contributed by atoms with Gasteiger partial charge in [0.25, 0.3) is 0 Å². The molecular weight excluding hydrogens is 305 g/mol. The van der Waals surface area contributed by atoms with Gasteiger partial charge in [0.05, 0.1) is 17.5 Å². The minimum atomic E-state index is -4.39. The summed E-state index contributed by atoms with van der Waals surface area (Å²) in [6.45, 7) is 5.31. The average Bonchev–Trinajstić information content (AvgIpc) is 3.30. The Morgan fingerprint density at radius 1 is 1.26 bits per heavy atom. The lowest BCUT2D eigenvalue weighted by atomic mass is 9.98. The van der Waals surface area contributed by atoms with Crippen molar-refractivity contribution in [3.8, 4) is 0 Å². The predicted molar refractivity (Wildman–Crippen MR) is 82.5 cm³/mol. The van der Waals surface area contributed by atoms with Crippen LogP contribution in [0.3, 0.4) is 0 Å². The molecule has 1 aromatic rings. The maximum absolute atomic E-state index is 12.9. The van der Waals surface area contributed by atoms with E-state index in [9.17, 15) is 18.0 Å². The number of halogens is 3. The zero-order chi connectivity index (χ0) is 17.4. The Labute approximate surface area is 134 Å². The van der Waals surface area contributed by atoms with Crippen LogP contribution in [0.5, 0.6) is 0 Å². The molecule has 0 aliphatic heterocycles. The molecule has 0 saturated heterocycles. The largest absolute Gasteiger partial charge is 0.416 e. The van der Waals surface area contributed by atoms with Crippen molar-refractivity contribution in [2.24, 2.45) is 11.7 Å². The quantitative estimate of drug-likeness (QED) is 0.895. The number of alkyl halides is 3. The zero-order valence-electron chi connectivity index (χ0n) is 13.6. The van der Waals surface area contributed by atoms with Gasteiger partial charge in [-0.25, -0.2) is 0 Å². The average molecular weight is 328 g/mol. The van der Waals surface area contributed by atoms with Crippen LogP contribution in [0.15, 0.2) is 24.3 Å². The van der Waals surface area contributed by atoms with Gasteiger partial charge in [-0.1, -0.05) is 19.1 Å². The van der Waals surface area contributed by atoms with E-state index in [1.807, 2.05) is 0 Å². The summed E-state index contributed by atoms with van der Waals surface area (Å²) >= 11 is 0. The standard InChI is InChI=1S/C17H23F3N2O/c1-10(11(2)21)16(23)22(15-7-8-15)12(3)13-5-4-6-14(9-13)17(18,19)20/h4-6,9-12,15H,7-8,21H2,1-3H3. The van der Waals surface area contributed by atoms with Crippen molar-refractivity contribution < 1.29 is 18.0 Å². The van der Waals surface area contributed by atoms with Crippen LogP contribution in [0.25, 0.3) is 0 Å². The third-order valence-electron chi connectivity index (χ3n) is 4.49. The van der Waals surface area contributed by atoms with Crippen molar-refractivity contribution in [2.75, 3.05) is 0 Å². The molecule has 1 aliphatic carbocycles. The molecule has 1 aliphatic rings. The Hall–Kier alpha value is -1.56. The molecule has 0 bridgehead atoms. The van der Waals surface area contributed by atoms with E-state index in [1.54, 1.807) is 31.7 Å². The second-order valence-electron chi connectivity index (χ2n) is 6.42. The minimum Gasteiger partial charge on any atom is -0.333 e. The molecule has 1 aromatic carbocycles. The molecule has 3 atom stereocenters. The van der Waals surface area contributed by atoms with Crippen molar-refractivity contribution in [1.82, 2.24) is 4.90 Å². The number of nitrogens with zero attached hydrogens (tertiary/aromatic N) is 1. The highest BCUT2D eigenvalue weighted by Gasteiger charge is 2.39. The Bertz CT molecular complexity index is 567. The van der Waals surface area contributed by atoms with Gasteiger partial charge >= 0.3 is 6.18 Å². The first-order chi connectivity index (χ1) is 10.6. The number of rotatable bonds is 5. The molecule has 0 spiro atoms. The van der Waals surface area contributed by atoms with Gasteiger partial charge in [0.2, 0.25) is 5.91 Å². The Balaban J connectivity index is 2.28. The smallest absolute Gasteiger partial charge is 0.333 e. The molecule has 1 amide bonds. The molecule has 6 heteroatoms. The summed E-state index contributed by atoms with van der Waals surface area (Å²) in [5, 5.41) is 0. The van der Waals surface area contributed by atoms with Crippen molar-refractivity contribution >= 4 is 5.91 Å². The van der Waals surface area contributed by atoms with Crippen LogP contribution in [0.2, 0.25) is 0 Å². The SMILES string of the molecule is CC(N)C(C)C(=O)N(C1CC1)C(C)c1cccc(C(F)(F)F)c1. The highest BCUT2D eigenvalue weighted by molar-refractivity contribution is 5.80. The van der Waals surface area contributed by atoms with E-state index in [-0.39, 0.29) is 23.9 Å². The minimum absolute atomic E-state index is 0.0904. The fourth-order valence-electron chi connectivity index (χ4n) is 2.64. The molecular formula is C17H23F3N2O. The maximum Gasteiger partial charge on any atom is 0.416 e. The third kappa shape index (κ3) is 4.05. The molecule has 0 radical (unpaired) electrons. The lowest BCUT2D eigenvalue weighted by molar-refractivity contribution is -0.138. The number of hydrogen-bond acceptors (Lipinski definition) is 2. The summed E-state index contributed by atoms with van der Waals surface area (Å²) in [4.78, 5) is 14.4. The molecule has 1 saturated carbocycles. The highest BCUT2D eigenvalue weighted by atomic mass is 19.4. The molecule has 3 nitrogen and oxygen atoms in total.